The third-order valence-electron chi connectivity index (χ3n) is 4.44. The lowest BCUT2D eigenvalue weighted by atomic mass is 9.96. The molecule has 6 heteroatoms. The van der Waals surface area contributed by atoms with Crippen molar-refractivity contribution >= 4 is 28.2 Å². The van der Waals surface area contributed by atoms with E-state index in [0.29, 0.717) is 17.0 Å². The maximum Gasteiger partial charge on any atom is 0.306 e. The molecule has 1 N–H and O–H groups in total. The van der Waals surface area contributed by atoms with Crippen LogP contribution in [0.1, 0.15) is 48.1 Å². The molecular formula is C18H20N2O3S. The first-order chi connectivity index (χ1) is 11.7. The first-order valence-electron chi connectivity index (χ1n) is 8.34. The Hall–Kier alpha value is -2.13. The number of carbonyl (C=O) groups is 2. The van der Waals surface area contributed by atoms with Gasteiger partial charge in [0.1, 0.15) is 11.1 Å². The van der Waals surface area contributed by atoms with Gasteiger partial charge in [0, 0.05) is 4.88 Å². The van der Waals surface area contributed by atoms with E-state index in [9.17, 15) is 14.9 Å². The number of nitrogens with one attached hydrogen (secondary N) is 1. The highest BCUT2D eigenvalue weighted by atomic mass is 32.1. The second kappa shape index (κ2) is 7.63. The fourth-order valence-corrected chi connectivity index (χ4v) is 4.48. The van der Waals surface area contributed by atoms with Gasteiger partial charge in [-0.2, -0.15) is 5.26 Å². The molecule has 0 bridgehead atoms. The van der Waals surface area contributed by atoms with Crippen LogP contribution < -0.4 is 5.32 Å². The van der Waals surface area contributed by atoms with Crippen LogP contribution in [0.25, 0.3) is 0 Å². The molecule has 2 aliphatic carbocycles. The average Bonchev–Trinajstić information content (AvgIpc) is 3.19. The maximum absolute atomic E-state index is 12.0. The quantitative estimate of drug-likeness (QED) is 0.656. The Labute approximate surface area is 145 Å². The number of anilines is 1. The number of ether oxygens (including phenoxy) is 1. The Balaban J connectivity index is 1.53. The largest absolute Gasteiger partial charge is 0.456 e. The number of rotatable bonds is 5. The molecular weight excluding hydrogens is 324 g/mol. The van der Waals surface area contributed by atoms with E-state index < -0.39 is 0 Å². The number of fused-ring (bicyclic) bond motifs is 1. The van der Waals surface area contributed by atoms with E-state index in [1.807, 2.05) is 6.08 Å². The Morgan fingerprint density at radius 2 is 2.21 bits per heavy atom. The summed E-state index contributed by atoms with van der Waals surface area (Å²) in [6.45, 7) is -0.303. The van der Waals surface area contributed by atoms with Crippen molar-refractivity contribution in [3.8, 4) is 6.07 Å². The van der Waals surface area contributed by atoms with Gasteiger partial charge >= 0.3 is 5.97 Å². The van der Waals surface area contributed by atoms with Crippen LogP contribution in [0.15, 0.2) is 12.2 Å². The van der Waals surface area contributed by atoms with Crippen molar-refractivity contribution in [1.82, 2.24) is 0 Å². The molecule has 0 aromatic carbocycles. The number of amides is 1. The Bertz CT molecular complexity index is 715. The second-order valence-electron chi connectivity index (χ2n) is 6.21. The fourth-order valence-electron chi connectivity index (χ4n) is 3.22. The number of hydrogen-bond acceptors (Lipinski definition) is 5. The molecule has 1 atom stereocenters. The molecule has 1 heterocycles. The van der Waals surface area contributed by atoms with Gasteiger partial charge in [0.25, 0.3) is 5.91 Å². The second-order valence-corrected chi connectivity index (χ2v) is 7.31. The van der Waals surface area contributed by atoms with Crippen LogP contribution in [0.4, 0.5) is 5.00 Å². The summed E-state index contributed by atoms with van der Waals surface area (Å²) < 4.78 is 5.05. The normalized spacial score (nSPS) is 18.7. The van der Waals surface area contributed by atoms with Crippen LogP contribution in [0.2, 0.25) is 0 Å². The molecule has 24 heavy (non-hydrogen) atoms. The molecule has 0 spiro atoms. The lowest BCUT2D eigenvalue weighted by molar-refractivity contribution is -0.147. The van der Waals surface area contributed by atoms with Crippen LogP contribution in [0, 0.1) is 17.2 Å². The molecule has 0 unspecified atom stereocenters. The Morgan fingerprint density at radius 1 is 1.38 bits per heavy atom. The number of allylic oxidation sites excluding steroid dienone is 2. The summed E-state index contributed by atoms with van der Waals surface area (Å²) >= 11 is 1.47. The number of nitriles is 1. The molecule has 1 amide bonds. The zero-order chi connectivity index (χ0) is 16.9. The number of thiophene rings is 1. The van der Waals surface area contributed by atoms with Gasteiger partial charge in [0.2, 0.25) is 0 Å². The van der Waals surface area contributed by atoms with E-state index in [-0.39, 0.29) is 24.4 Å². The molecule has 0 saturated carbocycles. The third-order valence-corrected chi connectivity index (χ3v) is 5.65. The van der Waals surface area contributed by atoms with Crippen molar-refractivity contribution in [2.75, 3.05) is 11.9 Å². The van der Waals surface area contributed by atoms with Crippen LogP contribution in [0.3, 0.4) is 0 Å². The third kappa shape index (κ3) is 3.85. The number of carbonyl (C=O) groups excluding carboxylic acids is 2. The van der Waals surface area contributed by atoms with Crippen molar-refractivity contribution in [3.63, 3.8) is 0 Å². The summed E-state index contributed by atoms with van der Waals surface area (Å²) in [5.41, 5.74) is 1.65. The summed E-state index contributed by atoms with van der Waals surface area (Å²) in [7, 11) is 0. The lowest BCUT2D eigenvalue weighted by Crippen LogP contribution is -2.21. The molecule has 3 rings (SSSR count). The summed E-state index contributed by atoms with van der Waals surface area (Å²) in [5.74, 6) is -0.511. The van der Waals surface area contributed by atoms with Crippen molar-refractivity contribution in [2.45, 2.75) is 44.9 Å². The average molecular weight is 344 g/mol. The monoisotopic (exact) mass is 344 g/mol. The zero-order valence-electron chi connectivity index (χ0n) is 13.5. The summed E-state index contributed by atoms with van der Waals surface area (Å²) in [4.78, 5) is 25.0. The summed E-state index contributed by atoms with van der Waals surface area (Å²) in [6.07, 6.45) is 10.4. The van der Waals surface area contributed by atoms with Crippen molar-refractivity contribution < 1.29 is 14.3 Å². The molecule has 0 aliphatic heterocycles. The first-order valence-corrected chi connectivity index (χ1v) is 9.16. The maximum atomic E-state index is 12.0. The summed E-state index contributed by atoms with van der Waals surface area (Å²) in [5, 5.41) is 12.7. The first kappa shape index (κ1) is 16.7. The van der Waals surface area contributed by atoms with Gasteiger partial charge in [-0.15, -0.1) is 11.3 Å². The predicted octanol–water partition coefficient (Wildman–Crippen LogP) is 3.34. The molecule has 2 aliphatic rings. The van der Waals surface area contributed by atoms with Crippen LogP contribution in [-0.4, -0.2) is 18.5 Å². The molecule has 0 radical (unpaired) electrons. The van der Waals surface area contributed by atoms with Gasteiger partial charge in [0.15, 0.2) is 6.61 Å². The fraction of sp³-hybridized carbons (Fsp3) is 0.500. The number of hydrogen-bond donors (Lipinski definition) is 1. The Kier molecular flexibility index (Phi) is 5.31. The van der Waals surface area contributed by atoms with Gasteiger partial charge in [-0.25, -0.2) is 0 Å². The van der Waals surface area contributed by atoms with Crippen molar-refractivity contribution in [2.24, 2.45) is 5.92 Å². The topological polar surface area (TPSA) is 79.2 Å². The van der Waals surface area contributed by atoms with Gasteiger partial charge in [-0.05, 0) is 50.0 Å². The molecule has 1 aromatic rings. The van der Waals surface area contributed by atoms with E-state index in [4.69, 9.17) is 4.74 Å². The van der Waals surface area contributed by atoms with E-state index in [1.165, 1.54) is 16.2 Å². The highest BCUT2D eigenvalue weighted by Crippen LogP contribution is 2.37. The molecule has 0 saturated heterocycles. The standard InChI is InChI=1S/C18H20N2O3S/c19-10-14-13-7-3-4-8-15(13)24-18(14)20-16(21)11-23-17(22)9-12-5-1-2-6-12/h1,5,12H,2-4,6-9,11H2,(H,20,21)/t12-/m1/s1. The van der Waals surface area contributed by atoms with Crippen LogP contribution in [-0.2, 0) is 27.2 Å². The van der Waals surface area contributed by atoms with Gasteiger partial charge in [-0.3, -0.25) is 9.59 Å². The number of esters is 1. The van der Waals surface area contributed by atoms with E-state index in [0.717, 1.165) is 44.1 Å². The predicted molar refractivity (Wildman–Crippen MR) is 91.7 cm³/mol. The SMILES string of the molecule is N#Cc1c(NC(=O)COC(=O)C[C@@H]2C=CCC2)sc2c1CCCC2. The van der Waals surface area contributed by atoms with E-state index in [1.54, 1.807) is 0 Å². The van der Waals surface area contributed by atoms with E-state index >= 15 is 0 Å². The molecule has 5 nitrogen and oxygen atoms in total. The highest BCUT2D eigenvalue weighted by molar-refractivity contribution is 7.16. The summed E-state index contributed by atoms with van der Waals surface area (Å²) in [6, 6.07) is 2.20. The number of nitrogens with zero attached hydrogens (tertiary/aromatic N) is 1. The molecule has 1 aromatic heterocycles. The van der Waals surface area contributed by atoms with Gasteiger partial charge in [0.05, 0.1) is 12.0 Å². The van der Waals surface area contributed by atoms with E-state index in [2.05, 4.69) is 17.5 Å². The minimum Gasteiger partial charge on any atom is -0.456 e. The smallest absolute Gasteiger partial charge is 0.306 e. The van der Waals surface area contributed by atoms with Crippen LogP contribution in [0.5, 0.6) is 0 Å². The van der Waals surface area contributed by atoms with Crippen LogP contribution >= 0.6 is 11.3 Å². The minimum absolute atomic E-state index is 0.231. The number of aryl methyl sites for hydroxylation is 1. The van der Waals surface area contributed by atoms with Gasteiger partial charge in [-0.1, -0.05) is 12.2 Å². The lowest BCUT2D eigenvalue weighted by Gasteiger charge is -2.09. The van der Waals surface area contributed by atoms with Crippen molar-refractivity contribution in [1.29, 1.82) is 5.26 Å². The zero-order valence-corrected chi connectivity index (χ0v) is 14.3. The van der Waals surface area contributed by atoms with Gasteiger partial charge < -0.3 is 10.1 Å². The Morgan fingerprint density at radius 3 is 2.96 bits per heavy atom. The molecule has 0 fully saturated rings. The minimum atomic E-state index is -0.389. The highest BCUT2D eigenvalue weighted by Gasteiger charge is 2.22. The van der Waals surface area contributed by atoms with Crippen molar-refractivity contribution in [3.05, 3.63) is 28.2 Å². The molecule has 126 valence electrons.